The predicted octanol–water partition coefficient (Wildman–Crippen LogP) is 2.99. The highest BCUT2D eigenvalue weighted by molar-refractivity contribution is 5.95. The number of carbonyl (C=O) groups excluding carboxylic acids is 2. The van der Waals surface area contributed by atoms with Gasteiger partial charge in [-0.15, -0.1) is 0 Å². The minimum atomic E-state index is -0.493. The largest absolute Gasteiger partial charge is 0.366 e. The number of aryl methyl sites for hydroxylation is 1. The van der Waals surface area contributed by atoms with E-state index < -0.39 is 5.91 Å². The molecule has 1 aliphatic rings. The summed E-state index contributed by atoms with van der Waals surface area (Å²) in [6.07, 6.45) is 1.74. The highest BCUT2D eigenvalue weighted by Gasteiger charge is 2.27. The molecule has 3 aromatic rings. The minimum Gasteiger partial charge on any atom is -0.366 e. The Balaban J connectivity index is 1.34. The molecule has 2 aromatic carbocycles. The van der Waals surface area contributed by atoms with Crippen molar-refractivity contribution in [3.8, 4) is 11.5 Å². The SMILES string of the molecule is Cc1ccc(-c2nc(CN3CCC[C@@H](C(=O)Nc4ccc(C(N)=O)cc4)C3)no2)cc1. The number of nitrogens with one attached hydrogen (secondary N) is 1. The van der Waals surface area contributed by atoms with Crippen molar-refractivity contribution in [1.82, 2.24) is 15.0 Å². The van der Waals surface area contributed by atoms with Crippen molar-refractivity contribution in [2.24, 2.45) is 11.7 Å². The van der Waals surface area contributed by atoms with E-state index in [2.05, 4.69) is 20.4 Å². The molecule has 31 heavy (non-hydrogen) atoms. The monoisotopic (exact) mass is 419 g/mol. The molecular weight excluding hydrogens is 394 g/mol. The Morgan fingerprint density at radius 1 is 1.16 bits per heavy atom. The zero-order valence-corrected chi connectivity index (χ0v) is 17.4. The molecule has 0 unspecified atom stereocenters. The fourth-order valence-electron chi connectivity index (χ4n) is 3.71. The van der Waals surface area contributed by atoms with Crippen molar-refractivity contribution in [2.75, 3.05) is 18.4 Å². The number of hydrogen-bond donors (Lipinski definition) is 2. The lowest BCUT2D eigenvalue weighted by atomic mass is 9.97. The Kier molecular flexibility index (Phi) is 6.08. The quantitative estimate of drug-likeness (QED) is 0.635. The van der Waals surface area contributed by atoms with Crippen LogP contribution in [0.1, 0.15) is 34.6 Å². The van der Waals surface area contributed by atoms with Gasteiger partial charge in [-0.3, -0.25) is 14.5 Å². The molecule has 1 saturated heterocycles. The Morgan fingerprint density at radius 3 is 2.61 bits per heavy atom. The number of carbonyl (C=O) groups is 2. The predicted molar refractivity (Wildman–Crippen MR) is 116 cm³/mol. The van der Waals surface area contributed by atoms with Gasteiger partial charge in [0.1, 0.15) is 0 Å². The van der Waals surface area contributed by atoms with E-state index in [4.69, 9.17) is 10.3 Å². The van der Waals surface area contributed by atoms with Crippen LogP contribution in [-0.4, -0.2) is 39.9 Å². The first-order chi connectivity index (χ1) is 15.0. The maximum atomic E-state index is 12.7. The Morgan fingerprint density at radius 2 is 1.90 bits per heavy atom. The highest BCUT2D eigenvalue weighted by Crippen LogP contribution is 2.22. The second kappa shape index (κ2) is 9.09. The fourth-order valence-corrected chi connectivity index (χ4v) is 3.71. The molecule has 8 heteroatoms. The number of nitrogens with two attached hydrogens (primary N) is 1. The molecule has 1 aromatic heterocycles. The van der Waals surface area contributed by atoms with E-state index in [-0.39, 0.29) is 11.8 Å². The molecule has 2 heterocycles. The number of anilines is 1. The van der Waals surface area contributed by atoms with Crippen LogP contribution in [0.3, 0.4) is 0 Å². The first kappa shape index (κ1) is 20.7. The van der Waals surface area contributed by atoms with Gasteiger partial charge in [-0.05, 0) is 62.7 Å². The zero-order chi connectivity index (χ0) is 21.8. The molecule has 0 radical (unpaired) electrons. The van der Waals surface area contributed by atoms with Gasteiger partial charge in [-0.2, -0.15) is 4.98 Å². The maximum absolute atomic E-state index is 12.7. The van der Waals surface area contributed by atoms with E-state index in [9.17, 15) is 9.59 Å². The van der Waals surface area contributed by atoms with Crippen LogP contribution in [0.25, 0.3) is 11.5 Å². The van der Waals surface area contributed by atoms with E-state index in [0.29, 0.717) is 36.1 Å². The molecular formula is C23H25N5O3. The Bertz CT molecular complexity index is 1060. The molecule has 1 fully saturated rings. The Hall–Kier alpha value is -3.52. The average molecular weight is 419 g/mol. The number of likely N-dealkylation sites (tertiary alicyclic amines) is 1. The van der Waals surface area contributed by atoms with Crippen LogP contribution in [0.2, 0.25) is 0 Å². The Labute approximate surface area is 180 Å². The van der Waals surface area contributed by atoms with Gasteiger partial charge in [0.05, 0.1) is 12.5 Å². The van der Waals surface area contributed by atoms with Gasteiger partial charge >= 0.3 is 0 Å². The molecule has 1 aliphatic heterocycles. The number of primary amides is 1. The summed E-state index contributed by atoms with van der Waals surface area (Å²) in [5.74, 6) is 0.449. The summed E-state index contributed by atoms with van der Waals surface area (Å²) < 4.78 is 5.41. The third-order valence-electron chi connectivity index (χ3n) is 5.44. The molecule has 0 spiro atoms. The van der Waals surface area contributed by atoms with Crippen molar-refractivity contribution in [3.63, 3.8) is 0 Å². The van der Waals surface area contributed by atoms with Gasteiger partial charge in [0.2, 0.25) is 11.8 Å². The summed E-state index contributed by atoms with van der Waals surface area (Å²) in [6, 6.07) is 14.5. The maximum Gasteiger partial charge on any atom is 0.257 e. The summed E-state index contributed by atoms with van der Waals surface area (Å²) in [5.41, 5.74) is 8.37. The van der Waals surface area contributed by atoms with Crippen molar-refractivity contribution in [3.05, 3.63) is 65.5 Å². The first-order valence-electron chi connectivity index (χ1n) is 10.3. The number of amides is 2. The minimum absolute atomic E-state index is 0.0371. The standard InChI is InChI=1S/C23H25N5O3/c1-15-4-6-17(7-5-15)23-26-20(27-31-23)14-28-12-2-3-18(13-28)22(30)25-19-10-8-16(9-11-19)21(24)29/h4-11,18H,2-3,12-14H2,1H3,(H2,24,29)(H,25,30)/t18-/m1/s1. The van der Waals surface area contributed by atoms with Gasteiger partial charge < -0.3 is 15.6 Å². The van der Waals surface area contributed by atoms with Crippen molar-refractivity contribution in [1.29, 1.82) is 0 Å². The van der Waals surface area contributed by atoms with Gasteiger partial charge in [-0.1, -0.05) is 22.9 Å². The summed E-state index contributed by atoms with van der Waals surface area (Å²) in [7, 11) is 0. The van der Waals surface area contributed by atoms with Crippen LogP contribution < -0.4 is 11.1 Å². The third-order valence-corrected chi connectivity index (χ3v) is 5.44. The lowest BCUT2D eigenvalue weighted by Gasteiger charge is -2.31. The molecule has 8 nitrogen and oxygen atoms in total. The van der Waals surface area contributed by atoms with Crippen LogP contribution in [0.5, 0.6) is 0 Å². The van der Waals surface area contributed by atoms with Gasteiger partial charge in [-0.25, -0.2) is 0 Å². The molecule has 0 saturated carbocycles. The second-order valence-electron chi connectivity index (χ2n) is 7.89. The van der Waals surface area contributed by atoms with E-state index in [1.807, 2.05) is 31.2 Å². The van der Waals surface area contributed by atoms with Crippen molar-refractivity contribution < 1.29 is 14.1 Å². The second-order valence-corrected chi connectivity index (χ2v) is 7.89. The number of hydrogen-bond acceptors (Lipinski definition) is 6. The van der Waals surface area contributed by atoms with Crippen LogP contribution in [0.4, 0.5) is 5.69 Å². The molecule has 160 valence electrons. The van der Waals surface area contributed by atoms with Gasteiger partial charge in [0.15, 0.2) is 5.82 Å². The summed E-state index contributed by atoms with van der Waals surface area (Å²) in [6.45, 7) is 4.07. The number of piperidine rings is 1. The van der Waals surface area contributed by atoms with Crippen LogP contribution in [0.15, 0.2) is 53.1 Å². The normalized spacial score (nSPS) is 16.7. The average Bonchev–Trinajstić information content (AvgIpc) is 3.23. The van der Waals surface area contributed by atoms with Gasteiger partial charge in [0.25, 0.3) is 5.89 Å². The van der Waals surface area contributed by atoms with E-state index in [1.165, 1.54) is 5.56 Å². The summed E-state index contributed by atoms with van der Waals surface area (Å²) in [4.78, 5) is 30.6. The smallest absolute Gasteiger partial charge is 0.257 e. The van der Waals surface area contributed by atoms with E-state index in [0.717, 1.165) is 24.9 Å². The van der Waals surface area contributed by atoms with Crippen LogP contribution in [-0.2, 0) is 11.3 Å². The van der Waals surface area contributed by atoms with Crippen molar-refractivity contribution >= 4 is 17.5 Å². The molecule has 0 bridgehead atoms. The number of benzene rings is 2. The molecule has 3 N–H and O–H groups in total. The van der Waals surface area contributed by atoms with E-state index in [1.54, 1.807) is 24.3 Å². The number of aromatic nitrogens is 2. The summed E-state index contributed by atoms with van der Waals surface area (Å²) in [5, 5.41) is 7.03. The van der Waals surface area contributed by atoms with Crippen LogP contribution >= 0.6 is 0 Å². The molecule has 2 amide bonds. The molecule has 0 aliphatic carbocycles. The third kappa shape index (κ3) is 5.16. The van der Waals surface area contributed by atoms with Crippen molar-refractivity contribution in [2.45, 2.75) is 26.3 Å². The number of nitrogens with zero attached hydrogens (tertiary/aromatic N) is 3. The van der Waals surface area contributed by atoms with E-state index >= 15 is 0 Å². The topological polar surface area (TPSA) is 114 Å². The first-order valence-corrected chi connectivity index (χ1v) is 10.3. The summed E-state index contributed by atoms with van der Waals surface area (Å²) >= 11 is 0. The highest BCUT2D eigenvalue weighted by atomic mass is 16.5. The fraction of sp³-hybridized carbons (Fsp3) is 0.304. The zero-order valence-electron chi connectivity index (χ0n) is 17.4. The van der Waals surface area contributed by atoms with Gasteiger partial charge in [0, 0.05) is 23.4 Å². The lowest BCUT2D eigenvalue weighted by Crippen LogP contribution is -2.40. The number of rotatable bonds is 6. The molecule has 1 atom stereocenters. The van der Waals surface area contributed by atoms with Crippen LogP contribution in [0, 0.1) is 12.8 Å². The lowest BCUT2D eigenvalue weighted by molar-refractivity contribution is -0.121. The molecule has 4 rings (SSSR count).